The van der Waals surface area contributed by atoms with Gasteiger partial charge in [-0.15, -0.1) is 0 Å². The van der Waals surface area contributed by atoms with Crippen molar-refractivity contribution in [3.8, 4) is 0 Å². The minimum absolute atomic E-state index is 0.680. The van der Waals surface area contributed by atoms with E-state index >= 15 is 0 Å². The fourth-order valence-corrected chi connectivity index (χ4v) is 3.08. The lowest BCUT2D eigenvalue weighted by Gasteiger charge is -2.26. The van der Waals surface area contributed by atoms with E-state index in [0.717, 1.165) is 18.4 Å². The fraction of sp³-hybridized carbons (Fsp3) is 0.556. The van der Waals surface area contributed by atoms with Crippen molar-refractivity contribution in [2.45, 2.75) is 38.5 Å². The molecular weight excluding hydrogens is 270 g/mol. The van der Waals surface area contributed by atoms with Crippen molar-refractivity contribution < 1.29 is 13.5 Å². The molecule has 1 fully saturated rings. The SMILES string of the molecule is COC/C=C/[C@H]1CC[C@H](CCc2ccc(F)c(F)c2)CC1. The summed E-state index contributed by atoms with van der Waals surface area (Å²) in [7, 11) is 1.71. The average molecular weight is 294 g/mol. The Labute approximate surface area is 126 Å². The Morgan fingerprint density at radius 1 is 1.14 bits per heavy atom. The van der Waals surface area contributed by atoms with E-state index in [0.29, 0.717) is 18.4 Å². The molecule has 0 amide bonds. The molecule has 0 N–H and O–H groups in total. The lowest BCUT2D eigenvalue weighted by Crippen LogP contribution is -2.14. The van der Waals surface area contributed by atoms with Crippen molar-refractivity contribution in [1.29, 1.82) is 0 Å². The zero-order valence-corrected chi connectivity index (χ0v) is 12.7. The first kappa shape index (κ1) is 16.2. The molecule has 0 radical (unpaired) electrons. The summed E-state index contributed by atoms with van der Waals surface area (Å²) in [5, 5.41) is 0. The van der Waals surface area contributed by atoms with E-state index in [9.17, 15) is 8.78 Å². The molecule has 0 bridgehead atoms. The summed E-state index contributed by atoms with van der Waals surface area (Å²) in [5.41, 5.74) is 0.899. The third-order valence-electron chi connectivity index (χ3n) is 4.39. The van der Waals surface area contributed by atoms with Gasteiger partial charge in [0.25, 0.3) is 0 Å². The normalized spacial score (nSPS) is 22.8. The zero-order valence-electron chi connectivity index (χ0n) is 12.7. The Balaban J connectivity index is 1.72. The van der Waals surface area contributed by atoms with Crippen LogP contribution >= 0.6 is 0 Å². The fourth-order valence-electron chi connectivity index (χ4n) is 3.08. The van der Waals surface area contributed by atoms with Crippen LogP contribution in [0.15, 0.2) is 30.4 Å². The molecule has 0 aromatic heterocycles. The standard InChI is InChI=1S/C18H24F2O/c1-21-12-2-3-14-4-6-15(7-5-14)8-9-16-10-11-17(19)18(20)13-16/h2-3,10-11,13-15H,4-9,12H2,1H3/b3-2+/t14-,15-. The molecular formula is C18H24F2O. The monoisotopic (exact) mass is 294 g/mol. The lowest BCUT2D eigenvalue weighted by molar-refractivity contribution is 0.232. The summed E-state index contributed by atoms with van der Waals surface area (Å²) >= 11 is 0. The van der Waals surface area contributed by atoms with Gasteiger partial charge in [0, 0.05) is 7.11 Å². The molecule has 0 heterocycles. The van der Waals surface area contributed by atoms with E-state index in [1.807, 2.05) is 0 Å². The van der Waals surface area contributed by atoms with Gasteiger partial charge in [-0.3, -0.25) is 0 Å². The summed E-state index contributed by atoms with van der Waals surface area (Å²) in [6.07, 6.45) is 11.2. The van der Waals surface area contributed by atoms with Crippen LogP contribution in [-0.2, 0) is 11.2 Å². The molecule has 21 heavy (non-hydrogen) atoms. The maximum atomic E-state index is 13.2. The highest BCUT2D eigenvalue weighted by atomic mass is 19.2. The highest BCUT2D eigenvalue weighted by molar-refractivity contribution is 5.17. The van der Waals surface area contributed by atoms with Gasteiger partial charge in [0.1, 0.15) is 0 Å². The van der Waals surface area contributed by atoms with Gasteiger partial charge in [-0.05, 0) is 68.1 Å². The predicted octanol–water partition coefficient (Wildman–Crippen LogP) is 4.91. The summed E-state index contributed by atoms with van der Waals surface area (Å²) in [6, 6.07) is 4.24. The Morgan fingerprint density at radius 2 is 1.90 bits per heavy atom. The Hall–Kier alpha value is -1.22. The number of allylic oxidation sites excluding steroid dienone is 1. The molecule has 1 aliphatic carbocycles. The van der Waals surface area contributed by atoms with Crippen LogP contribution in [0.5, 0.6) is 0 Å². The predicted molar refractivity (Wildman–Crippen MR) is 81.1 cm³/mol. The number of ether oxygens (including phenoxy) is 1. The van der Waals surface area contributed by atoms with E-state index < -0.39 is 11.6 Å². The van der Waals surface area contributed by atoms with Gasteiger partial charge < -0.3 is 4.74 Å². The Morgan fingerprint density at radius 3 is 2.57 bits per heavy atom. The van der Waals surface area contributed by atoms with Crippen LogP contribution in [-0.4, -0.2) is 13.7 Å². The molecule has 1 aromatic rings. The largest absolute Gasteiger partial charge is 0.381 e. The van der Waals surface area contributed by atoms with Gasteiger partial charge in [0.15, 0.2) is 11.6 Å². The summed E-state index contributed by atoms with van der Waals surface area (Å²) in [5.74, 6) is -0.105. The molecule has 0 spiro atoms. The second-order valence-electron chi connectivity index (χ2n) is 5.95. The molecule has 2 rings (SSSR count). The molecule has 0 saturated heterocycles. The van der Waals surface area contributed by atoms with Crippen molar-refractivity contribution in [3.05, 3.63) is 47.5 Å². The smallest absolute Gasteiger partial charge is 0.159 e. The molecule has 1 aromatic carbocycles. The summed E-state index contributed by atoms with van der Waals surface area (Å²) in [4.78, 5) is 0. The first-order valence-electron chi connectivity index (χ1n) is 7.78. The number of aryl methyl sites for hydroxylation is 1. The van der Waals surface area contributed by atoms with Crippen molar-refractivity contribution >= 4 is 0 Å². The first-order chi connectivity index (χ1) is 10.2. The number of rotatable bonds is 6. The minimum Gasteiger partial charge on any atom is -0.381 e. The zero-order chi connectivity index (χ0) is 15.1. The van der Waals surface area contributed by atoms with Crippen LogP contribution in [0.2, 0.25) is 0 Å². The molecule has 3 heteroatoms. The van der Waals surface area contributed by atoms with Crippen molar-refractivity contribution in [3.63, 3.8) is 0 Å². The van der Waals surface area contributed by atoms with Gasteiger partial charge >= 0.3 is 0 Å². The van der Waals surface area contributed by atoms with Crippen LogP contribution in [0.4, 0.5) is 8.78 Å². The van der Waals surface area contributed by atoms with E-state index in [-0.39, 0.29) is 0 Å². The van der Waals surface area contributed by atoms with Crippen molar-refractivity contribution in [2.24, 2.45) is 11.8 Å². The lowest BCUT2D eigenvalue weighted by atomic mass is 9.79. The van der Waals surface area contributed by atoms with Gasteiger partial charge in [-0.1, -0.05) is 18.2 Å². The van der Waals surface area contributed by atoms with Gasteiger partial charge in [-0.2, -0.15) is 0 Å². The third kappa shape index (κ3) is 5.24. The number of benzene rings is 1. The maximum Gasteiger partial charge on any atom is 0.159 e. The topological polar surface area (TPSA) is 9.23 Å². The molecule has 0 aliphatic heterocycles. The average Bonchev–Trinajstić information content (AvgIpc) is 2.50. The van der Waals surface area contributed by atoms with E-state index in [1.165, 1.54) is 37.8 Å². The van der Waals surface area contributed by atoms with E-state index in [1.54, 1.807) is 13.2 Å². The number of halogens is 2. The number of methoxy groups -OCH3 is 1. The Kier molecular flexibility index (Phi) is 6.37. The van der Waals surface area contributed by atoms with Crippen LogP contribution < -0.4 is 0 Å². The maximum absolute atomic E-state index is 13.2. The van der Waals surface area contributed by atoms with Crippen LogP contribution in [0.1, 0.15) is 37.7 Å². The third-order valence-corrected chi connectivity index (χ3v) is 4.39. The highest BCUT2D eigenvalue weighted by Gasteiger charge is 2.19. The van der Waals surface area contributed by atoms with Crippen LogP contribution in [0, 0.1) is 23.5 Å². The van der Waals surface area contributed by atoms with E-state index in [4.69, 9.17) is 4.74 Å². The molecule has 1 nitrogen and oxygen atoms in total. The second kappa shape index (κ2) is 8.28. The van der Waals surface area contributed by atoms with Gasteiger partial charge in [0.2, 0.25) is 0 Å². The minimum atomic E-state index is -0.762. The summed E-state index contributed by atoms with van der Waals surface area (Å²) in [6.45, 7) is 0.691. The first-order valence-corrected chi connectivity index (χ1v) is 7.78. The molecule has 0 atom stereocenters. The quantitative estimate of drug-likeness (QED) is 0.678. The molecule has 116 valence electrons. The molecule has 1 saturated carbocycles. The van der Waals surface area contributed by atoms with Gasteiger partial charge in [0.05, 0.1) is 6.61 Å². The second-order valence-corrected chi connectivity index (χ2v) is 5.95. The van der Waals surface area contributed by atoms with Crippen LogP contribution in [0.25, 0.3) is 0 Å². The van der Waals surface area contributed by atoms with Crippen LogP contribution in [0.3, 0.4) is 0 Å². The Bertz CT molecular complexity index is 462. The summed E-state index contributed by atoms with van der Waals surface area (Å²) < 4.78 is 31.0. The number of hydrogen-bond donors (Lipinski definition) is 0. The van der Waals surface area contributed by atoms with Crippen molar-refractivity contribution in [2.75, 3.05) is 13.7 Å². The van der Waals surface area contributed by atoms with Gasteiger partial charge in [-0.25, -0.2) is 8.78 Å². The number of hydrogen-bond acceptors (Lipinski definition) is 1. The highest BCUT2D eigenvalue weighted by Crippen LogP contribution is 2.32. The van der Waals surface area contributed by atoms with Crippen molar-refractivity contribution in [1.82, 2.24) is 0 Å². The molecule has 1 aliphatic rings. The van der Waals surface area contributed by atoms with E-state index in [2.05, 4.69) is 12.2 Å². The molecule has 0 unspecified atom stereocenters.